The molecule has 118 valence electrons. The molecular formula is C19H15N3OS. The van der Waals surface area contributed by atoms with E-state index in [0.29, 0.717) is 0 Å². The highest BCUT2D eigenvalue weighted by Crippen LogP contribution is 2.27. The van der Waals surface area contributed by atoms with Crippen LogP contribution < -0.4 is 4.90 Å². The molecule has 1 aromatic heterocycles. The van der Waals surface area contributed by atoms with Gasteiger partial charge in [0, 0.05) is 22.2 Å². The van der Waals surface area contributed by atoms with Gasteiger partial charge in [0.05, 0.1) is 17.3 Å². The lowest BCUT2D eigenvalue weighted by molar-refractivity contribution is -0.116. The smallest absolute Gasteiger partial charge is 0.238 e. The van der Waals surface area contributed by atoms with Gasteiger partial charge in [0.15, 0.2) is 0 Å². The quantitative estimate of drug-likeness (QED) is 0.525. The first-order chi connectivity index (χ1) is 11.8. The second-order valence-electron chi connectivity index (χ2n) is 5.09. The number of thioether (sulfide) groups is 1. The average Bonchev–Trinajstić information content (AvgIpc) is 2.65. The molecule has 5 heteroatoms. The maximum absolute atomic E-state index is 12.6. The number of para-hydroxylation sites is 2. The fourth-order valence-electron chi connectivity index (χ4n) is 2.41. The number of hydrogen-bond donors (Lipinski definition) is 0. The van der Waals surface area contributed by atoms with Gasteiger partial charge < -0.3 is 0 Å². The average molecular weight is 333 g/mol. The van der Waals surface area contributed by atoms with Crippen LogP contribution in [0.15, 0.2) is 71.8 Å². The Morgan fingerprint density at radius 3 is 2.62 bits per heavy atom. The number of carbonyl (C=O) groups is 1. The van der Waals surface area contributed by atoms with Gasteiger partial charge in [-0.3, -0.25) is 14.7 Å². The van der Waals surface area contributed by atoms with Gasteiger partial charge in [0.25, 0.3) is 0 Å². The van der Waals surface area contributed by atoms with E-state index in [9.17, 15) is 4.79 Å². The standard InChI is InChI=1S/C19H15N3OS/c20-11-13-22(15-6-2-1-3-7-15)19(23)14-24-18-10-12-21-17-9-5-4-8-16(17)18/h1-10,12H,13-14H2. The van der Waals surface area contributed by atoms with Crippen LogP contribution >= 0.6 is 11.8 Å². The van der Waals surface area contributed by atoms with Crippen molar-refractivity contribution < 1.29 is 4.79 Å². The molecule has 3 aromatic rings. The molecule has 0 saturated heterocycles. The zero-order valence-corrected chi connectivity index (χ0v) is 13.7. The zero-order chi connectivity index (χ0) is 16.8. The molecule has 0 aliphatic rings. The van der Waals surface area contributed by atoms with Gasteiger partial charge in [0.2, 0.25) is 5.91 Å². The summed E-state index contributed by atoms with van der Waals surface area (Å²) in [6, 6.07) is 21.1. The molecule has 0 fully saturated rings. The van der Waals surface area contributed by atoms with Gasteiger partial charge in [-0.05, 0) is 24.3 Å². The molecule has 0 aliphatic carbocycles. The van der Waals surface area contributed by atoms with Crippen molar-refractivity contribution in [2.75, 3.05) is 17.2 Å². The monoisotopic (exact) mass is 333 g/mol. The first kappa shape index (κ1) is 16.0. The van der Waals surface area contributed by atoms with Crippen LogP contribution in [0.5, 0.6) is 0 Å². The van der Waals surface area contributed by atoms with Crippen LogP contribution in [0.2, 0.25) is 0 Å². The Morgan fingerprint density at radius 1 is 1.08 bits per heavy atom. The van der Waals surface area contributed by atoms with Gasteiger partial charge in [-0.25, -0.2) is 0 Å². The summed E-state index contributed by atoms with van der Waals surface area (Å²) in [5, 5.41) is 10.0. The van der Waals surface area contributed by atoms with E-state index in [2.05, 4.69) is 11.1 Å². The van der Waals surface area contributed by atoms with E-state index < -0.39 is 0 Å². The second kappa shape index (κ2) is 7.62. The minimum absolute atomic E-state index is 0.0422. The van der Waals surface area contributed by atoms with E-state index in [0.717, 1.165) is 21.5 Å². The molecule has 0 unspecified atom stereocenters. The van der Waals surface area contributed by atoms with Crippen LogP contribution in [0.25, 0.3) is 10.9 Å². The third kappa shape index (κ3) is 3.55. The molecule has 3 rings (SSSR count). The number of nitriles is 1. The van der Waals surface area contributed by atoms with E-state index >= 15 is 0 Å². The van der Waals surface area contributed by atoms with Gasteiger partial charge in [-0.15, -0.1) is 11.8 Å². The summed E-state index contributed by atoms with van der Waals surface area (Å²) in [6.07, 6.45) is 1.75. The minimum Gasteiger partial charge on any atom is -0.298 e. The zero-order valence-electron chi connectivity index (χ0n) is 12.9. The number of anilines is 1. The van der Waals surface area contributed by atoms with E-state index in [1.54, 1.807) is 6.20 Å². The SMILES string of the molecule is N#CCN(C(=O)CSc1ccnc2ccccc12)c1ccccc1. The molecule has 1 amide bonds. The molecular weight excluding hydrogens is 318 g/mol. The molecule has 1 heterocycles. The Morgan fingerprint density at radius 2 is 1.83 bits per heavy atom. The van der Waals surface area contributed by atoms with E-state index in [1.165, 1.54) is 16.7 Å². The number of aromatic nitrogens is 1. The largest absolute Gasteiger partial charge is 0.298 e. The molecule has 2 aromatic carbocycles. The molecule has 0 saturated carbocycles. The maximum Gasteiger partial charge on any atom is 0.238 e. The van der Waals surface area contributed by atoms with Crippen molar-refractivity contribution in [1.82, 2.24) is 4.98 Å². The fraction of sp³-hybridized carbons (Fsp3) is 0.105. The van der Waals surface area contributed by atoms with Crippen LogP contribution in [0.3, 0.4) is 0 Å². The Bertz CT molecular complexity index is 885. The Labute approximate surface area is 144 Å². The van der Waals surface area contributed by atoms with Crippen LogP contribution in [0.4, 0.5) is 5.69 Å². The third-order valence-electron chi connectivity index (χ3n) is 3.56. The van der Waals surface area contributed by atoms with E-state index in [1.807, 2.05) is 60.7 Å². The Balaban J connectivity index is 1.77. The van der Waals surface area contributed by atoms with Crippen molar-refractivity contribution in [3.8, 4) is 6.07 Å². The summed E-state index contributed by atoms with van der Waals surface area (Å²) in [6.45, 7) is 0.0422. The van der Waals surface area contributed by atoms with Crippen LogP contribution in [-0.4, -0.2) is 23.2 Å². The molecule has 24 heavy (non-hydrogen) atoms. The first-order valence-electron chi connectivity index (χ1n) is 7.48. The fourth-order valence-corrected chi connectivity index (χ4v) is 3.34. The first-order valence-corrected chi connectivity index (χ1v) is 8.47. The number of pyridine rings is 1. The topological polar surface area (TPSA) is 57.0 Å². The highest BCUT2D eigenvalue weighted by Gasteiger charge is 2.16. The lowest BCUT2D eigenvalue weighted by Crippen LogP contribution is -2.32. The lowest BCUT2D eigenvalue weighted by Gasteiger charge is -2.19. The Hall–Kier alpha value is -2.84. The summed E-state index contributed by atoms with van der Waals surface area (Å²) in [7, 11) is 0. The summed E-state index contributed by atoms with van der Waals surface area (Å²) in [5.41, 5.74) is 1.65. The molecule has 4 nitrogen and oxygen atoms in total. The van der Waals surface area contributed by atoms with Crippen molar-refractivity contribution >= 4 is 34.3 Å². The number of hydrogen-bond acceptors (Lipinski definition) is 4. The van der Waals surface area contributed by atoms with Crippen LogP contribution in [0.1, 0.15) is 0 Å². The maximum atomic E-state index is 12.6. The molecule has 0 atom stereocenters. The summed E-state index contributed by atoms with van der Waals surface area (Å²) in [5.74, 6) is 0.179. The van der Waals surface area contributed by atoms with Gasteiger partial charge in [-0.2, -0.15) is 5.26 Å². The summed E-state index contributed by atoms with van der Waals surface area (Å²) >= 11 is 1.47. The summed E-state index contributed by atoms with van der Waals surface area (Å²) in [4.78, 5) is 19.4. The number of fused-ring (bicyclic) bond motifs is 1. The Kier molecular flexibility index (Phi) is 5.09. The van der Waals surface area contributed by atoms with E-state index in [-0.39, 0.29) is 18.2 Å². The number of carbonyl (C=O) groups excluding carboxylic acids is 1. The molecule has 0 aliphatic heterocycles. The van der Waals surface area contributed by atoms with E-state index in [4.69, 9.17) is 5.26 Å². The minimum atomic E-state index is -0.0892. The highest BCUT2D eigenvalue weighted by atomic mass is 32.2. The normalized spacial score (nSPS) is 10.3. The van der Waals surface area contributed by atoms with Crippen molar-refractivity contribution in [1.29, 1.82) is 5.26 Å². The summed E-state index contributed by atoms with van der Waals surface area (Å²) < 4.78 is 0. The van der Waals surface area contributed by atoms with Crippen molar-refractivity contribution in [3.05, 3.63) is 66.9 Å². The van der Waals surface area contributed by atoms with Gasteiger partial charge >= 0.3 is 0 Å². The lowest BCUT2D eigenvalue weighted by atomic mass is 10.2. The molecule has 0 spiro atoms. The van der Waals surface area contributed by atoms with Crippen molar-refractivity contribution in [3.63, 3.8) is 0 Å². The molecule has 0 radical (unpaired) electrons. The third-order valence-corrected chi connectivity index (χ3v) is 4.62. The van der Waals surface area contributed by atoms with Crippen LogP contribution in [-0.2, 0) is 4.79 Å². The number of benzene rings is 2. The molecule has 0 N–H and O–H groups in total. The predicted octanol–water partition coefficient (Wildman–Crippen LogP) is 3.88. The van der Waals surface area contributed by atoms with Crippen molar-refractivity contribution in [2.24, 2.45) is 0 Å². The van der Waals surface area contributed by atoms with Crippen molar-refractivity contribution in [2.45, 2.75) is 4.90 Å². The number of nitrogens with zero attached hydrogens (tertiary/aromatic N) is 3. The highest BCUT2D eigenvalue weighted by molar-refractivity contribution is 8.00. The number of rotatable bonds is 5. The van der Waals surface area contributed by atoms with Gasteiger partial charge in [-0.1, -0.05) is 36.4 Å². The predicted molar refractivity (Wildman–Crippen MR) is 96.9 cm³/mol. The second-order valence-corrected chi connectivity index (χ2v) is 6.11. The van der Waals surface area contributed by atoms with Gasteiger partial charge in [0.1, 0.15) is 6.54 Å². The van der Waals surface area contributed by atoms with Crippen LogP contribution in [0, 0.1) is 11.3 Å². The number of amides is 1. The molecule has 0 bridgehead atoms.